The molecule has 2 aromatic rings. The standard InChI is InChI=1S/C12H15BO2S/c1-12(2,3)10-7-9(13(14)15)6-8-4-5-16-11(8)10/h4-7,14-15H,1-3H3. The molecule has 84 valence electrons. The van der Waals surface area contributed by atoms with Crippen LogP contribution in [0, 0.1) is 0 Å². The molecule has 0 unspecified atom stereocenters. The molecule has 0 aliphatic rings. The van der Waals surface area contributed by atoms with Crippen molar-refractivity contribution < 1.29 is 10.0 Å². The maximum absolute atomic E-state index is 9.27. The van der Waals surface area contributed by atoms with E-state index < -0.39 is 7.12 Å². The van der Waals surface area contributed by atoms with Crippen molar-refractivity contribution in [1.29, 1.82) is 0 Å². The first-order valence-electron chi connectivity index (χ1n) is 5.27. The second-order valence-corrected chi connectivity index (χ2v) is 5.95. The minimum Gasteiger partial charge on any atom is -0.423 e. The summed E-state index contributed by atoms with van der Waals surface area (Å²) in [5.74, 6) is 0. The van der Waals surface area contributed by atoms with Gasteiger partial charge in [0.25, 0.3) is 0 Å². The predicted molar refractivity (Wildman–Crippen MR) is 70.4 cm³/mol. The van der Waals surface area contributed by atoms with Crippen molar-refractivity contribution in [2.24, 2.45) is 0 Å². The highest BCUT2D eigenvalue weighted by molar-refractivity contribution is 7.17. The van der Waals surface area contributed by atoms with Crippen LogP contribution in [-0.4, -0.2) is 17.2 Å². The molecule has 0 amide bonds. The molecule has 2 nitrogen and oxygen atoms in total. The zero-order valence-electron chi connectivity index (χ0n) is 9.69. The van der Waals surface area contributed by atoms with Gasteiger partial charge >= 0.3 is 7.12 Å². The van der Waals surface area contributed by atoms with E-state index in [2.05, 4.69) is 20.8 Å². The van der Waals surface area contributed by atoms with Gasteiger partial charge in [0.1, 0.15) is 0 Å². The van der Waals surface area contributed by atoms with Crippen molar-refractivity contribution in [1.82, 2.24) is 0 Å². The third-order valence-electron chi connectivity index (χ3n) is 2.68. The lowest BCUT2D eigenvalue weighted by Crippen LogP contribution is -2.31. The van der Waals surface area contributed by atoms with Crippen molar-refractivity contribution in [3.05, 3.63) is 29.1 Å². The summed E-state index contributed by atoms with van der Waals surface area (Å²) < 4.78 is 1.23. The summed E-state index contributed by atoms with van der Waals surface area (Å²) in [6.45, 7) is 6.40. The molecule has 0 fully saturated rings. The summed E-state index contributed by atoms with van der Waals surface area (Å²) in [6.07, 6.45) is 0. The van der Waals surface area contributed by atoms with E-state index in [9.17, 15) is 10.0 Å². The second kappa shape index (κ2) is 3.88. The number of hydrogen-bond acceptors (Lipinski definition) is 3. The Morgan fingerprint density at radius 1 is 1.19 bits per heavy atom. The summed E-state index contributed by atoms with van der Waals surface area (Å²) >= 11 is 1.70. The van der Waals surface area contributed by atoms with Gasteiger partial charge in [-0.05, 0) is 33.3 Å². The number of benzene rings is 1. The van der Waals surface area contributed by atoms with Gasteiger partial charge in [0.15, 0.2) is 0 Å². The van der Waals surface area contributed by atoms with Crippen LogP contribution in [0.4, 0.5) is 0 Å². The Hall–Kier alpha value is -0.835. The Bertz CT molecular complexity index is 511. The van der Waals surface area contributed by atoms with Crippen LogP contribution in [0.1, 0.15) is 26.3 Å². The molecule has 0 radical (unpaired) electrons. The van der Waals surface area contributed by atoms with Gasteiger partial charge in [-0.3, -0.25) is 0 Å². The predicted octanol–water partition coefficient (Wildman–Crippen LogP) is 1.88. The van der Waals surface area contributed by atoms with Crippen LogP contribution in [0.3, 0.4) is 0 Å². The number of fused-ring (bicyclic) bond motifs is 1. The second-order valence-electron chi connectivity index (χ2n) is 5.03. The van der Waals surface area contributed by atoms with Gasteiger partial charge < -0.3 is 10.0 Å². The lowest BCUT2D eigenvalue weighted by molar-refractivity contribution is 0.425. The third-order valence-corrected chi connectivity index (χ3v) is 3.64. The van der Waals surface area contributed by atoms with E-state index in [1.54, 1.807) is 11.3 Å². The highest BCUT2D eigenvalue weighted by Gasteiger charge is 2.21. The molecule has 0 saturated heterocycles. The largest absolute Gasteiger partial charge is 0.488 e. The fraction of sp³-hybridized carbons (Fsp3) is 0.333. The average Bonchev–Trinajstić information content (AvgIpc) is 2.61. The Balaban J connectivity index is 2.74. The SMILES string of the molecule is CC(C)(C)c1cc(B(O)O)cc2ccsc12. The van der Waals surface area contributed by atoms with E-state index in [4.69, 9.17) is 0 Å². The van der Waals surface area contributed by atoms with Crippen LogP contribution in [0.2, 0.25) is 0 Å². The number of hydrogen-bond donors (Lipinski definition) is 2. The highest BCUT2D eigenvalue weighted by atomic mass is 32.1. The number of thiophene rings is 1. The van der Waals surface area contributed by atoms with Crippen molar-refractivity contribution >= 4 is 34.0 Å². The summed E-state index contributed by atoms with van der Waals surface area (Å²) in [5.41, 5.74) is 1.74. The Labute approximate surface area is 99.7 Å². The molecule has 16 heavy (non-hydrogen) atoms. The van der Waals surface area contributed by atoms with E-state index >= 15 is 0 Å². The molecule has 0 aliphatic heterocycles. The van der Waals surface area contributed by atoms with E-state index in [1.807, 2.05) is 23.6 Å². The van der Waals surface area contributed by atoms with Crippen LogP contribution < -0.4 is 5.46 Å². The molecule has 0 atom stereocenters. The van der Waals surface area contributed by atoms with E-state index in [1.165, 1.54) is 10.3 Å². The van der Waals surface area contributed by atoms with Crippen LogP contribution >= 0.6 is 11.3 Å². The maximum Gasteiger partial charge on any atom is 0.488 e. The first-order valence-corrected chi connectivity index (χ1v) is 6.15. The molecule has 1 aromatic heterocycles. The first kappa shape index (κ1) is 11.6. The van der Waals surface area contributed by atoms with E-state index in [0.29, 0.717) is 5.46 Å². The summed E-state index contributed by atoms with van der Waals surface area (Å²) in [5, 5.41) is 21.7. The van der Waals surface area contributed by atoms with Crippen LogP contribution in [0.5, 0.6) is 0 Å². The smallest absolute Gasteiger partial charge is 0.423 e. The monoisotopic (exact) mass is 234 g/mol. The quantitative estimate of drug-likeness (QED) is 0.739. The summed E-state index contributed by atoms with van der Waals surface area (Å²) in [4.78, 5) is 0. The molecule has 0 saturated carbocycles. The zero-order chi connectivity index (χ0) is 11.9. The molecule has 0 bridgehead atoms. The molecule has 0 spiro atoms. The zero-order valence-corrected chi connectivity index (χ0v) is 10.5. The molecule has 1 heterocycles. The van der Waals surface area contributed by atoms with Crippen molar-refractivity contribution in [3.8, 4) is 0 Å². The fourth-order valence-electron chi connectivity index (χ4n) is 1.81. The summed E-state index contributed by atoms with van der Waals surface area (Å²) in [7, 11) is -1.40. The maximum atomic E-state index is 9.27. The molecule has 1 aromatic carbocycles. The normalized spacial score (nSPS) is 12.1. The van der Waals surface area contributed by atoms with E-state index in [-0.39, 0.29) is 5.41 Å². The minimum atomic E-state index is -1.40. The fourth-order valence-corrected chi connectivity index (χ4v) is 2.92. The molecular formula is C12H15BO2S. The van der Waals surface area contributed by atoms with Crippen LogP contribution in [0.15, 0.2) is 23.6 Å². The van der Waals surface area contributed by atoms with Crippen LogP contribution in [0.25, 0.3) is 10.1 Å². The van der Waals surface area contributed by atoms with Gasteiger partial charge in [-0.1, -0.05) is 32.9 Å². The molecule has 4 heteroatoms. The van der Waals surface area contributed by atoms with Crippen molar-refractivity contribution in [3.63, 3.8) is 0 Å². The molecular weight excluding hydrogens is 219 g/mol. The Morgan fingerprint density at radius 3 is 2.44 bits per heavy atom. The van der Waals surface area contributed by atoms with Gasteiger partial charge in [0.2, 0.25) is 0 Å². The minimum absolute atomic E-state index is 0.00794. The van der Waals surface area contributed by atoms with Crippen LogP contribution in [-0.2, 0) is 5.41 Å². The van der Waals surface area contributed by atoms with Gasteiger partial charge in [-0.15, -0.1) is 11.3 Å². The molecule has 0 aliphatic carbocycles. The lowest BCUT2D eigenvalue weighted by atomic mass is 9.75. The van der Waals surface area contributed by atoms with Crippen molar-refractivity contribution in [2.45, 2.75) is 26.2 Å². The highest BCUT2D eigenvalue weighted by Crippen LogP contribution is 2.32. The first-order chi connectivity index (χ1) is 7.39. The van der Waals surface area contributed by atoms with Gasteiger partial charge in [-0.25, -0.2) is 0 Å². The topological polar surface area (TPSA) is 40.5 Å². The van der Waals surface area contributed by atoms with Crippen molar-refractivity contribution in [2.75, 3.05) is 0 Å². The van der Waals surface area contributed by atoms with Gasteiger partial charge in [0.05, 0.1) is 0 Å². The Kier molecular flexibility index (Phi) is 2.82. The lowest BCUT2D eigenvalue weighted by Gasteiger charge is -2.21. The average molecular weight is 234 g/mol. The molecule has 2 N–H and O–H groups in total. The van der Waals surface area contributed by atoms with E-state index in [0.717, 1.165) is 5.39 Å². The number of rotatable bonds is 1. The Morgan fingerprint density at radius 2 is 1.88 bits per heavy atom. The summed E-state index contributed by atoms with van der Waals surface area (Å²) in [6, 6.07) is 5.75. The van der Waals surface area contributed by atoms with Gasteiger partial charge in [0, 0.05) is 4.70 Å². The third kappa shape index (κ3) is 2.01. The molecule has 2 rings (SSSR count). The van der Waals surface area contributed by atoms with Gasteiger partial charge in [-0.2, -0.15) is 0 Å².